The minimum absolute atomic E-state index is 0.0321. The van der Waals surface area contributed by atoms with Gasteiger partial charge in [0.25, 0.3) is 0 Å². The Hall–Kier alpha value is -1.32. The van der Waals surface area contributed by atoms with Crippen molar-refractivity contribution in [3.8, 4) is 5.75 Å². The molecule has 0 aromatic heterocycles. The maximum atomic E-state index is 6.06. The van der Waals surface area contributed by atoms with Crippen molar-refractivity contribution >= 4 is 15.9 Å². The van der Waals surface area contributed by atoms with Crippen LogP contribution < -0.4 is 10.1 Å². The summed E-state index contributed by atoms with van der Waals surface area (Å²) in [4.78, 5) is 0. The first kappa shape index (κ1) is 17.5. The maximum absolute atomic E-state index is 6.06. The third-order valence-electron chi connectivity index (χ3n) is 5.02. The molecule has 1 saturated heterocycles. The number of hydrogen-bond donors (Lipinski definition) is 1. The van der Waals surface area contributed by atoms with Crippen molar-refractivity contribution in [1.82, 2.24) is 5.32 Å². The zero-order valence-electron chi connectivity index (χ0n) is 14.5. The maximum Gasteiger partial charge on any atom is 0.133 e. The smallest absolute Gasteiger partial charge is 0.133 e. The van der Waals surface area contributed by atoms with E-state index in [1.807, 2.05) is 0 Å². The quantitative estimate of drug-likeness (QED) is 0.765. The molecular formula is C21H26BrNO. The summed E-state index contributed by atoms with van der Waals surface area (Å²) in [7, 11) is 0. The number of nitrogens with one attached hydrogen (secondary N) is 1. The van der Waals surface area contributed by atoms with Gasteiger partial charge in [-0.2, -0.15) is 0 Å². The fourth-order valence-corrected chi connectivity index (χ4v) is 3.80. The molecule has 1 unspecified atom stereocenters. The lowest BCUT2D eigenvalue weighted by molar-refractivity contribution is 0.217. The Kier molecular flexibility index (Phi) is 5.62. The van der Waals surface area contributed by atoms with Crippen LogP contribution in [-0.2, 0) is 5.41 Å². The zero-order valence-corrected chi connectivity index (χ0v) is 16.1. The largest absolute Gasteiger partial charge is 0.492 e. The molecule has 2 nitrogen and oxygen atoms in total. The van der Waals surface area contributed by atoms with Crippen LogP contribution in [0.2, 0.25) is 0 Å². The van der Waals surface area contributed by atoms with Crippen LogP contribution in [0.5, 0.6) is 5.75 Å². The summed E-state index contributed by atoms with van der Waals surface area (Å²) in [5, 5.41) is 3.44. The standard InChI is InChI=1S/C21H26BrNO/c1-21(2,17-8-4-3-5-9-17)18-10-11-20(19(22)13-18)24-15-16-7-6-12-23-14-16/h3-5,8-11,13,16,23H,6-7,12,14-15H2,1-2H3. The van der Waals surface area contributed by atoms with Crippen molar-refractivity contribution in [2.45, 2.75) is 32.1 Å². The van der Waals surface area contributed by atoms with Gasteiger partial charge in [0.1, 0.15) is 5.75 Å². The zero-order chi connectivity index (χ0) is 17.0. The summed E-state index contributed by atoms with van der Waals surface area (Å²) in [5.41, 5.74) is 2.57. The second-order valence-corrected chi connectivity index (χ2v) is 8.01. The van der Waals surface area contributed by atoms with Gasteiger partial charge >= 0.3 is 0 Å². The normalized spacial score (nSPS) is 18.4. The van der Waals surface area contributed by atoms with E-state index in [0.29, 0.717) is 5.92 Å². The highest BCUT2D eigenvalue weighted by atomic mass is 79.9. The molecule has 1 N–H and O–H groups in total. The van der Waals surface area contributed by atoms with Crippen LogP contribution in [-0.4, -0.2) is 19.7 Å². The first-order valence-corrected chi connectivity index (χ1v) is 9.56. The van der Waals surface area contributed by atoms with E-state index < -0.39 is 0 Å². The number of hydrogen-bond acceptors (Lipinski definition) is 2. The van der Waals surface area contributed by atoms with E-state index in [2.05, 4.69) is 83.6 Å². The minimum Gasteiger partial charge on any atom is -0.492 e. The summed E-state index contributed by atoms with van der Waals surface area (Å²) < 4.78 is 7.10. The van der Waals surface area contributed by atoms with Gasteiger partial charge in [0.05, 0.1) is 11.1 Å². The molecule has 1 atom stereocenters. The van der Waals surface area contributed by atoms with Crippen LogP contribution in [0, 0.1) is 5.92 Å². The molecule has 0 spiro atoms. The molecular weight excluding hydrogens is 362 g/mol. The molecule has 128 valence electrons. The van der Waals surface area contributed by atoms with Gasteiger partial charge in [-0.05, 0) is 58.6 Å². The van der Waals surface area contributed by atoms with Crippen molar-refractivity contribution in [2.24, 2.45) is 5.92 Å². The van der Waals surface area contributed by atoms with Gasteiger partial charge in [-0.15, -0.1) is 0 Å². The van der Waals surface area contributed by atoms with Gasteiger partial charge in [-0.3, -0.25) is 0 Å². The van der Waals surface area contributed by atoms with Crippen LogP contribution in [0.4, 0.5) is 0 Å². The van der Waals surface area contributed by atoms with Gasteiger partial charge in [0, 0.05) is 17.9 Å². The second kappa shape index (κ2) is 7.71. The molecule has 1 aliphatic rings. The average molecular weight is 388 g/mol. The number of benzene rings is 2. The van der Waals surface area contributed by atoms with Crippen molar-refractivity contribution in [3.05, 3.63) is 64.1 Å². The average Bonchev–Trinajstić information content (AvgIpc) is 2.62. The Morgan fingerprint density at radius 1 is 1.12 bits per heavy atom. The van der Waals surface area contributed by atoms with E-state index in [9.17, 15) is 0 Å². The lowest BCUT2D eigenvalue weighted by atomic mass is 9.78. The Bertz CT molecular complexity index is 663. The highest BCUT2D eigenvalue weighted by Gasteiger charge is 2.24. The molecule has 2 aromatic rings. The summed E-state index contributed by atoms with van der Waals surface area (Å²) in [6.45, 7) is 7.52. The topological polar surface area (TPSA) is 21.3 Å². The monoisotopic (exact) mass is 387 g/mol. The molecule has 0 radical (unpaired) electrons. The fourth-order valence-electron chi connectivity index (χ4n) is 3.30. The second-order valence-electron chi connectivity index (χ2n) is 7.16. The minimum atomic E-state index is -0.0321. The molecule has 0 amide bonds. The molecule has 0 aliphatic carbocycles. The molecule has 0 saturated carbocycles. The van der Waals surface area contributed by atoms with Crippen molar-refractivity contribution < 1.29 is 4.74 Å². The van der Waals surface area contributed by atoms with Crippen LogP contribution >= 0.6 is 15.9 Å². The summed E-state index contributed by atoms with van der Waals surface area (Å²) in [5.74, 6) is 1.55. The third-order valence-corrected chi connectivity index (χ3v) is 5.64. The van der Waals surface area contributed by atoms with Crippen molar-refractivity contribution in [3.63, 3.8) is 0 Å². The Morgan fingerprint density at radius 3 is 2.58 bits per heavy atom. The van der Waals surface area contributed by atoms with E-state index in [0.717, 1.165) is 29.9 Å². The number of ether oxygens (including phenoxy) is 1. The molecule has 2 aromatic carbocycles. The highest BCUT2D eigenvalue weighted by molar-refractivity contribution is 9.10. The van der Waals surface area contributed by atoms with Gasteiger partial charge < -0.3 is 10.1 Å². The van der Waals surface area contributed by atoms with Crippen LogP contribution in [0.1, 0.15) is 37.8 Å². The lowest BCUT2D eigenvalue weighted by Gasteiger charge is -2.27. The fraction of sp³-hybridized carbons (Fsp3) is 0.429. The summed E-state index contributed by atoms with van der Waals surface area (Å²) in [6.07, 6.45) is 2.50. The molecule has 3 rings (SSSR count). The van der Waals surface area contributed by atoms with Gasteiger partial charge in [0.15, 0.2) is 0 Å². The summed E-state index contributed by atoms with van der Waals surface area (Å²) in [6, 6.07) is 17.1. The number of halogens is 1. The van der Waals surface area contributed by atoms with Gasteiger partial charge in [-0.1, -0.05) is 50.2 Å². The predicted octanol–water partition coefficient (Wildman–Crippen LogP) is 5.15. The molecule has 1 aliphatic heterocycles. The van der Waals surface area contributed by atoms with Gasteiger partial charge in [0.2, 0.25) is 0 Å². The Labute approximate surface area is 153 Å². The molecule has 1 heterocycles. The van der Waals surface area contributed by atoms with Crippen LogP contribution in [0.15, 0.2) is 53.0 Å². The molecule has 1 fully saturated rings. The lowest BCUT2D eigenvalue weighted by Crippen LogP contribution is -2.33. The van der Waals surface area contributed by atoms with E-state index >= 15 is 0 Å². The van der Waals surface area contributed by atoms with E-state index in [1.165, 1.54) is 24.0 Å². The predicted molar refractivity (Wildman–Crippen MR) is 104 cm³/mol. The van der Waals surface area contributed by atoms with Crippen molar-refractivity contribution in [2.75, 3.05) is 19.7 Å². The first-order chi connectivity index (χ1) is 11.6. The molecule has 3 heteroatoms. The van der Waals surface area contributed by atoms with E-state index in [1.54, 1.807) is 0 Å². The van der Waals surface area contributed by atoms with Crippen LogP contribution in [0.3, 0.4) is 0 Å². The molecule has 0 bridgehead atoms. The summed E-state index contributed by atoms with van der Waals surface area (Å²) >= 11 is 3.70. The first-order valence-electron chi connectivity index (χ1n) is 8.76. The highest BCUT2D eigenvalue weighted by Crippen LogP contribution is 2.36. The van der Waals surface area contributed by atoms with Gasteiger partial charge in [-0.25, -0.2) is 0 Å². The van der Waals surface area contributed by atoms with E-state index in [-0.39, 0.29) is 5.41 Å². The van der Waals surface area contributed by atoms with Crippen LogP contribution in [0.25, 0.3) is 0 Å². The van der Waals surface area contributed by atoms with Crippen molar-refractivity contribution in [1.29, 1.82) is 0 Å². The Morgan fingerprint density at radius 2 is 1.92 bits per heavy atom. The third kappa shape index (κ3) is 4.01. The molecule has 24 heavy (non-hydrogen) atoms. The Balaban J connectivity index is 1.72. The SMILES string of the molecule is CC(C)(c1ccccc1)c1ccc(OCC2CCCNC2)c(Br)c1. The number of piperidine rings is 1. The van der Waals surface area contributed by atoms with E-state index in [4.69, 9.17) is 4.74 Å². The number of rotatable bonds is 5.